The van der Waals surface area contributed by atoms with Gasteiger partial charge in [-0.1, -0.05) is 17.3 Å². The Bertz CT molecular complexity index is 1300. The van der Waals surface area contributed by atoms with Gasteiger partial charge in [0.1, 0.15) is 17.2 Å². The van der Waals surface area contributed by atoms with Crippen LogP contribution in [0.25, 0.3) is 11.3 Å². The number of ether oxygens (including phenoxy) is 4. The summed E-state index contributed by atoms with van der Waals surface area (Å²) in [4.78, 5) is 15.7. The molecule has 8 nitrogen and oxygen atoms in total. The largest absolute Gasteiger partial charge is 0.497 e. The van der Waals surface area contributed by atoms with Crippen molar-refractivity contribution in [2.45, 2.75) is 13.1 Å². The van der Waals surface area contributed by atoms with Crippen LogP contribution in [-0.4, -0.2) is 37.0 Å². The predicted octanol–water partition coefficient (Wildman–Crippen LogP) is 4.99. The zero-order valence-corrected chi connectivity index (χ0v) is 19.5. The minimum atomic E-state index is -0.0869. The van der Waals surface area contributed by atoms with Gasteiger partial charge in [0, 0.05) is 12.6 Å². The van der Waals surface area contributed by atoms with E-state index in [9.17, 15) is 4.79 Å². The number of methoxy groups -OCH3 is 2. The molecule has 9 heteroatoms. The molecular formula is C25H22N2O6S. The quantitative estimate of drug-likeness (QED) is 0.353. The fourth-order valence-electron chi connectivity index (χ4n) is 3.73. The lowest BCUT2D eigenvalue weighted by Crippen LogP contribution is -2.29. The van der Waals surface area contributed by atoms with Gasteiger partial charge in [0.25, 0.3) is 5.91 Å². The van der Waals surface area contributed by atoms with Crippen molar-refractivity contribution >= 4 is 17.2 Å². The number of thiophene rings is 1. The Morgan fingerprint density at radius 3 is 2.71 bits per heavy atom. The summed E-state index contributed by atoms with van der Waals surface area (Å²) in [6.07, 6.45) is 0. The van der Waals surface area contributed by atoms with Crippen LogP contribution in [0, 0.1) is 0 Å². The lowest BCUT2D eigenvalue weighted by atomic mass is 10.1. The van der Waals surface area contributed by atoms with Gasteiger partial charge in [-0.2, -0.15) is 0 Å². The first-order chi connectivity index (χ1) is 16.6. The number of amides is 1. The van der Waals surface area contributed by atoms with Crippen LogP contribution >= 0.6 is 11.3 Å². The lowest BCUT2D eigenvalue weighted by Gasteiger charge is -2.21. The summed E-state index contributed by atoms with van der Waals surface area (Å²) in [5.41, 5.74) is 2.25. The molecular weight excluding hydrogens is 456 g/mol. The molecule has 0 spiro atoms. The number of benzene rings is 2. The maximum Gasteiger partial charge on any atom is 0.264 e. The SMILES string of the molecule is COc1ccc(OC)c(-c2cc(CN(Cc3ccc4c(c3)OCO4)C(=O)c3cccs3)no2)c1. The molecule has 0 saturated heterocycles. The molecule has 1 aliphatic heterocycles. The highest BCUT2D eigenvalue weighted by Gasteiger charge is 2.22. The first kappa shape index (κ1) is 21.8. The van der Waals surface area contributed by atoms with Crippen LogP contribution in [0.4, 0.5) is 0 Å². The summed E-state index contributed by atoms with van der Waals surface area (Å²) >= 11 is 1.40. The first-order valence-electron chi connectivity index (χ1n) is 10.5. The van der Waals surface area contributed by atoms with Crippen LogP contribution in [0.1, 0.15) is 20.9 Å². The van der Waals surface area contributed by atoms with Gasteiger partial charge in [-0.15, -0.1) is 11.3 Å². The molecule has 0 bridgehead atoms. The third-order valence-corrected chi connectivity index (χ3v) is 6.27. The highest BCUT2D eigenvalue weighted by Crippen LogP contribution is 2.35. The summed E-state index contributed by atoms with van der Waals surface area (Å²) in [5.74, 6) is 3.12. The third kappa shape index (κ3) is 4.42. The number of fused-ring (bicyclic) bond motifs is 1. The summed E-state index contributed by atoms with van der Waals surface area (Å²) in [5, 5.41) is 6.10. The average Bonchev–Trinajstić information content (AvgIpc) is 3.64. The van der Waals surface area contributed by atoms with Crippen LogP contribution in [-0.2, 0) is 13.1 Å². The number of carbonyl (C=O) groups is 1. The van der Waals surface area contributed by atoms with Crippen LogP contribution < -0.4 is 18.9 Å². The van der Waals surface area contributed by atoms with E-state index in [4.69, 9.17) is 23.5 Å². The average molecular weight is 479 g/mol. The smallest absolute Gasteiger partial charge is 0.264 e. The van der Waals surface area contributed by atoms with Gasteiger partial charge in [-0.3, -0.25) is 4.79 Å². The molecule has 0 N–H and O–H groups in total. The van der Waals surface area contributed by atoms with E-state index >= 15 is 0 Å². The Kier molecular flexibility index (Phi) is 6.09. The molecule has 1 aliphatic rings. The number of rotatable bonds is 8. The number of carbonyl (C=O) groups excluding carboxylic acids is 1. The van der Waals surface area contributed by atoms with Gasteiger partial charge in [-0.25, -0.2) is 0 Å². The molecule has 34 heavy (non-hydrogen) atoms. The van der Waals surface area contributed by atoms with E-state index in [-0.39, 0.29) is 19.2 Å². The Morgan fingerprint density at radius 1 is 1.03 bits per heavy atom. The van der Waals surface area contributed by atoms with Crippen molar-refractivity contribution in [3.8, 4) is 34.3 Å². The molecule has 1 amide bonds. The van der Waals surface area contributed by atoms with Crippen LogP contribution in [0.15, 0.2) is 64.5 Å². The van der Waals surface area contributed by atoms with E-state index < -0.39 is 0 Å². The van der Waals surface area contributed by atoms with Crippen LogP contribution in [0.2, 0.25) is 0 Å². The predicted molar refractivity (Wildman–Crippen MR) is 126 cm³/mol. The van der Waals surface area contributed by atoms with E-state index in [0.29, 0.717) is 51.4 Å². The van der Waals surface area contributed by atoms with Crippen LogP contribution in [0.3, 0.4) is 0 Å². The van der Waals surface area contributed by atoms with Gasteiger partial charge in [0.15, 0.2) is 17.3 Å². The summed E-state index contributed by atoms with van der Waals surface area (Å²) in [6.45, 7) is 0.838. The monoisotopic (exact) mass is 478 g/mol. The molecule has 0 radical (unpaired) electrons. The zero-order valence-electron chi connectivity index (χ0n) is 18.6. The molecule has 0 unspecified atom stereocenters. The number of nitrogens with zero attached hydrogens (tertiary/aromatic N) is 2. The summed E-state index contributed by atoms with van der Waals surface area (Å²) < 4.78 is 27.3. The molecule has 0 fully saturated rings. The van der Waals surface area contributed by atoms with Crippen molar-refractivity contribution in [1.29, 1.82) is 0 Å². The summed E-state index contributed by atoms with van der Waals surface area (Å²) in [6, 6.07) is 16.6. The molecule has 2 aromatic carbocycles. The Hall–Kier alpha value is -3.98. The third-order valence-electron chi connectivity index (χ3n) is 5.41. The van der Waals surface area contributed by atoms with E-state index in [2.05, 4.69) is 5.16 Å². The van der Waals surface area contributed by atoms with Crippen molar-refractivity contribution in [3.63, 3.8) is 0 Å². The Balaban J connectivity index is 1.42. The molecule has 0 aliphatic carbocycles. The topological polar surface area (TPSA) is 83.3 Å². The van der Waals surface area contributed by atoms with Crippen molar-refractivity contribution in [3.05, 3.63) is 76.1 Å². The fourth-order valence-corrected chi connectivity index (χ4v) is 4.42. The minimum absolute atomic E-state index is 0.0869. The normalized spacial score (nSPS) is 11.9. The zero-order chi connectivity index (χ0) is 23.5. The molecule has 3 heterocycles. The van der Waals surface area contributed by atoms with E-state index in [0.717, 1.165) is 5.56 Å². The molecule has 4 aromatic rings. The molecule has 2 aromatic heterocycles. The standard InChI is InChI=1S/C25H22N2O6S/c1-29-18-6-8-20(30-2)19(12-18)22-11-17(26-33-22)14-27(25(28)24-4-3-9-34-24)13-16-5-7-21-23(10-16)32-15-31-21/h3-12H,13-15H2,1-2H3. The van der Waals surface area contributed by atoms with E-state index in [1.165, 1.54) is 11.3 Å². The van der Waals surface area contributed by atoms with Crippen molar-refractivity contribution < 1.29 is 28.3 Å². The lowest BCUT2D eigenvalue weighted by molar-refractivity contribution is 0.0731. The molecule has 174 valence electrons. The molecule has 0 saturated carbocycles. The molecule has 0 atom stereocenters. The maximum absolute atomic E-state index is 13.3. The van der Waals surface area contributed by atoms with E-state index in [1.807, 2.05) is 60.0 Å². The van der Waals surface area contributed by atoms with E-state index in [1.54, 1.807) is 19.1 Å². The fraction of sp³-hybridized carbons (Fsp3) is 0.200. The van der Waals surface area contributed by atoms with Gasteiger partial charge in [0.05, 0.1) is 31.2 Å². The highest BCUT2D eigenvalue weighted by atomic mass is 32.1. The second kappa shape index (κ2) is 9.48. The Morgan fingerprint density at radius 2 is 1.91 bits per heavy atom. The minimum Gasteiger partial charge on any atom is -0.497 e. The van der Waals surface area contributed by atoms with Gasteiger partial charge >= 0.3 is 0 Å². The van der Waals surface area contributed by atoms with Crippen LogP contribution in [0.5, 0.6) is 23.0 Å². The Labute approximate surface area is 200 Å². The van der Waals surface area contributed by atoms with Gasteiger partial charge < -0.3 is 28.4 Å². The number of hydrogen-bond donors (Lipinski definition) is 0. The second-order valence-electron chi connectivity index (χ2n) is 7.57. The van der Waals surface area contributed by atoms with Gasteiger partial charge in [-0.05, 0) is 47.3 Å². The summed E-state index contributed by atoms with van der Waals surface area (Å²) in [7, 11) is 3.19. The van der Waals surface area contributed by atoms with Crippen molar-refractivity contribution in [2.24, 2.45) is 0 Å². The first-order valence-corrected chi connectivity index (χ1v) is 11.4. The second-order valence-corrected chi connectivity index (χ2v) is 8.52. The molecule has 5 rings (SSSR count). The number of aromatic nitrogens is 1. The highest BCUT2D eigenvalue weighted by molar-refractivity contribution is 7.12. The van der Waals surface area contributed by atoms with Gasteiger partial charge in [0.2, 0.25) is 6.79 Å². The number of hydrogen-bond acceptors (Lipinski definition) is 8. The maximum atomic E-state index is 13.3. The van der Waals surface area contributed by atoms with Crippen molar-refractivity contribution in [2.75, 3.05) is 21.0 Å². The van der Waals surface area contributed by atoms with Crippen molar-refractivity contribution in [1.82, 2.24) is 10.1 Å².